The zero-order valence-corrected chi connectivity index (χ0v) is 16.4. The van der Waals surface area contributed by atoms with Gasteiger partial charge in [-0.25, -0.2) is 8.42 Å². The average molecular weight is 355 g/mol. The molecular weight excluding hydrogens is 324 g/mol. The van der Waals surface area contributed by atoms with E-state index in [0.717, 1.165) is 12.0 Å². The first kappa shape index (κ1) is 20.5. The smallest absolute Gasteiger partial charge is 0.232 e. The van der Waals surface area contributed by atoms with E-state index in [0.29, 0.717) is 5.69 Å². The monoisotopic (exact) mass is 354 g/mol. The molecule has 0 bridgehead atoms. The van der Waals surface area contributed by atoms with E-state index in [-0.39, 0.29) is 30.3 Å². The standard InChI is InChI=1S/C18H30N2O3S/c1-7-14(2)19-17(21)12-13-20(24(6,22)23)16-11-9-8-10-15(16)18(3,4)5/h8-11,14H,7,12-13H2,1-6H3,(H,19,21). The van der Waals surface area contributed by atoms with Crippen molar-refractivity contribution in [2.75, 3.05) is 17.1 Å². The van der Waals surface area contributed by atoms with E-state index >= 15 is 0 Å². The van der Waals surface area contributed by atoms with Crippen molar-refractivity contribution < 1.29 is 13.2 Å². The molecule has 1 amide bonds. The topological polar surface area (TPSA) is 66.5 Å². The van der Waals surface area contributed by atoms with Gasteiger partial charge in [-0.05, 0) is 30.4 Å². The van der Waals surface area contributed by atoms with Gasteiger partial charge in [-0.1, -0.05) is 45.9 Å². The Morgan fingerprint density at radius 3 is 2.33 bits per heavy atom. The number of carbonyl (C=O) groups excluding carboxylic acids is 1. The molecule has 1 aromatic rings. The maximum Gasteiger partial charge on any atom is 0.232 e. The van der Waals surface area contributed by atoms with Gasteiger partial charge in [0.1, 0.15) is 0 Å². The predicted octanol–water partition coefficient (Wildman–Crippen LogP) is 3.05. The van der Waals surface area contributed by atoms with Crippen molar-refractivity contribution in [1.82, 2.24) is 5.32 Å². The number of rotatable bonds is 7. The van der Waals surface area contributed by atoms with Crippen LogP contribution >= 0.6 is 0 Å². The van der Waals surface area contributed by atoms with E-state index in [4.69, 9.17) is 0 Å². The van der Waals surface area contributed by atoms with Gasteiger partial charge in [0.05, 0.1) is 11.9 Å². The van der Waals surface area contributed by atoms with Gasteiger partial charge in [0, 0.05) is 19.0 Å². The van der Waals surface area contributed by atoms with Crippen LogP contribution in [0.25, 0.3) is 0 Å². The van der Waals surface area contributed by atoms with Crippen molar-refractivity contribution in [2.45, 2.75) is 58.9 Å². The van der Waals surface area contributed by atoms with Crippen LogP contribution in [0.15, 0.2) is 24.3 Å². The zero-order chi connectivity index (χ0) is 18.5. The molecule has 0 fully saturated rings. The molecule has 0 radical (unpaired) electrons. The lowest BCUT2D eigenvalue weighted by Crippen LogP contribution is -2.38. The van der Waals surface area contributed by atoms with Gasteiger partial charge in [0.2, 0.25) is 15.9 Å². The number of anilines is 1. The van der Waals surface area contributed by atoms with Crippen molar-refractivity contribution in [2.24, 2.45) is 0 Å². The molecule has 1 rings (SSSR count). The van der Waals surface area contributed by atoms with E-state index in [1.54, 1.807) is 6.07 Å². The minimum absolute atomic E-state index is 0.0889. The molecule has 136 valence electrons. The number of amides is 1. The number of nitrogens with one attached hydrogen (secondary N) is 1. The Bertz CT molecular complexity index is 663. The maximum absolute atomic E-state index is 12.3. The first-order valence-corrected chi connectivity index (χ1v) is 10.2. The minimum atomic E-state index is -3.48. The van der Waals surface area contributed by atoms with Crippen LogP contribution in [-0.4, -0.2) is 33.2 Å². The van der Waals surface area contributed by atoms with Crippen molar-refractivity contribution >= 4 is 21.6 Å². The summed E-state index contributed by atoms with van der Waals surface area (Å²) in [5.74, 6) is -0.133. The molecule has 0 saturated carbocycles. The molecular formula is C18H30N2O3S. The Kier molecular flexibility index (Phi) is 6.84. The summed E-state index contributed by atoms with van der Waals surface area (Å²) in [6.07, 6.45) is 2.16. The molecule has 0 aliphatic rings. The first-order chi connectivity index (χ1) is 11.0. The lowest BCUT2D eigenvalue weighted by molar-refractivity contribution is -0.121. The Hall–Kier alpha value is -1.56. The van der Waals surface area contributed by atoms with Crippen LogP contribution in [0.1, 0.15) is 53.0 Å². The third kappa shape index (κ3) is 5.82. The molecule has 0 saturated heterocycles. The average Bonchev–Trinajstić information content (AvgIpc) is 2.45. The second-order valence-electron chi connectivity index (χ2n) is 7.23. The molecule has 0 aliphatic heterocycles. The Labute approximate surface area is 146 Å². The van der Waals surface area contributed by atoms with E-state index in [1.165, 1.54) is 10.6 Å². The SMILES string of the molecule is CCC(C)NC(=O)CCN(c1ccccc1C(C)(C)C)S(C)(=O)=O. The number of hydrogen-bond donors (Lipinski definition) is 1. The van der Waals surface area contributed by atoms with Crippen LogP contribution < -0.4 is 9.62 Å². The summed E-state index contributed by atoms with van der Waals surface area (Å²) >= 11 is 0. The number of nitrogens with zero attached hydrogens (tertiary/aromatic N) is 1. The minimum Gasteiger partial charge on any atom is -0.354 e. The third-order valence-corrected chi connectivity index (χ3v) is 5.12. The van der Waals surface area contributed by atoms with Crippen molar-refractivity contribution in [3.63, 3.8) is 0 Å². The number of benzene rings is 1. The van der Waals surface area contributed by atoms with Gasteiger partial charge < -0.3 is 5.32 Å². The van der Waals surface area contributed by atoms with Crippen LogP contribution in [0, 0.1) is 0 Å². The Morgan fingerprint density at radius 2 is 1.83 bits per heavy atom. The van der Waals surface area contributed by atoms with Crippen molar-refractivity contribution in [3.05, 3.63) is 29.8 Å². The summed E-state index contributed by atoms with van der Waals surface area (Å²) < 4.78 is 25.9. The van der Waals surface area contributed by atoms with Crippen molar-refractivity contribution in [3.8, 4) is 0 Å². The highest BCUT2D eigenvalue weighted by molar-refractivity contribution is 7.92. The predicted molar refractivity (Wildman–Crippen MR) is 99.8 cm³/mol. The summed E-state index contributed by atoms with van der Waals surface area (Å²) in [5, 5.41) is 2.87. The molecule has 1 unspecified atom stereocenters. The second-order valence-corrected chi connectivity index (χ2v) is 9.14. The molecule has 5 nitrogen and oxygen atoms in total. The highest BCUT2D eigenvalue weighted by atomic mass is 32.2. The molecule has 1 atom stereocenters. The normalized spacial score (nSPS) is 13.4. The molecule has 6 heteroatoms. The van der Waals surface area contributed by atoms with E-state index < -0.39 is 10.0 Å². The molecule has 24 heavy (non-hydrogen) atoms. The number of para-hydroxylation sites is 1. The summed E-state index contributed by atoms with van der Waals surface area (Å²) in [5.41, 5.74) is 1.39. The quantitative estimate of drug-likeness (QED) is 0.818. The van der Waals surface area contributed by atoms with Gasteiger partial charge in [-0.3, -0.25) is 9.10 Å². The molecule has 0 aromatic heterocycles. The number of hydrogen-bond acceptors (Lipinski definition) is 3. The molecule has 1 N–H and O–H groups in total. The Balaban J connectivity index is 3.07. The van der Waals surface area contributed by atoms with E-state index in [1.807, 2.05) is 52.8 Å². The number of sulfonamides is 1. The summed E-state index contributed by atoms with van der Waals surface area (Å²) in [6.45, 7) is 10.2. The van der Waals surface area contributed by atoms with Gasteiger partial charge in [-0.2, -0.15) is 0 Å². The van der Waals surface area contributed by atoms with Crippen LogP contribution in [-0.2, 0) is 20.2 Å². The van der Waals surface area contributed by atoms with Gasteiger partial charge >= 0.3 is 0 Å². The zero-order valence-electron chi connectivity index (χ0n) is 15.6. The molecule has 0 aliphatic carbocycles. The Morgan fingerprint density at radius 1 is 1.25 bits per heavy atom. The van der Waals surface area contributed by atoms with Crippen LogP contribution in [0.5, 0.6) is 0 Å². The van der Waals surface area contributed by atoms with Gasteiger partial charge in [0.25, 0.3) is 0 Å². The summed E-state index contributed by atoms with van der Waals surface area (Å²) in [6, 6.07) is 7.55. The molecule has 1 aromatic carbocycles. The largest absolute Gasteiger partial charge is 0.354 e. The van der Waals surface area contributed by atoms with Crippen LogP contribution in [0.3, 0.4) is 0 Å². The van der Waals surface area contributed by atoms with E-state index in [9.17, 15) is 13.2 Å². The van der Waals surface area contributed by atoms with Crippen LogP contribution in [0.4, 0.5) is 5.69 Å². The second kappa shape index (κ2) is 8.01. The first-order valence-electron chi connectivity index (χ1n) is 8.33. The summed E-state index contributed by atoms with van der Waals surface area (Å²) in [7, 11) is -3.48. The highest BCUT2D eigenvalue weighted by Crippen LogP contribution is 2.33. The van der Waals surface area contributed by atoms with Crippen molar-refractivity contribution in [1.29, 1.82) is 0 Å². The van der Waals surface area contributed by atoms with E-state index in [2.05, 4.69) is 5.32 Å². The fraction of sp³-hybridized carbons (Fsp3) is 0.611. The summed E-state index contributed by atoms with van der Waals surface area (Å²) in [4.78, 5) is 12.0. The molecule has 0 spiro atoms. The molecule has 0 heterocycles. The third-order valence-electron chi connectivity index (χ3n) is 3.94. The fourth-order valence-electron chi connectivity index (χ4n) is 2.44. The lowest BCUT2D eigenvalue weighted by atomic mass is 9.86. The number of carbonyl (C=O) groups is 1. The van der Waals surface area contributed by atoms with Gasteiger partial charge in [-0.15, -0.1) is 0 Å². The van der Waals surface area contributed by atoms with Gasteiger partial charge in [0.15, 0.2) is 0 Å². The van der Waals surface area contributed by atoms with Crippen LogP contribution in [0.2, 0.25) is 0 Å². The lowest BCUT2D eigenvalue weighted by Gasteiger charge is -2.30. The highest BCUT2D eigenvalue weighted by Gasteiger charge is 2.26. The fourth-order valence-corrected chi connectivity index (χ4v) is 3.38. The maximum atomic E-state index is 12.3.